The summed E-state index contributed by atoms with van der Waals surface area (Å²) in [6.45, 7) is 8.38. The topological polar surface area (TPSA) is 143 Å². The SMILES string of the molecule is COc1ccccc1C(=O)NNc1ncnc(NC2CC(C)(C)NC(C)(C)C2)c1[N+](=O)[O-]. The number of nitrogens with zero attached hydrogens (tertiary/aromatic N) is 3. The van der Waals surface area contributed by atoms with Gasteiger partial charge in [0, 0.05) is 17.1 Å². The number of carbonyl (C=O) groups is 1. The van der Waals surface area contributed by atoms with Crippen molar-refractivity contribution < 1.29 is 14.5 Å². The second-order valence-electron chi connectivity index (χ2n) is 9.10. The number of ether oxygens (including phenoxy) is 1. The summed E-state index contributed by atoms with van der Waals surface area (Å²) >= 11 is 0. The first-order chi connectivity index (χ1) is 15.0. The zero-order valence-corrected chi connectivity index (χ0v) is 18.9. The number of nitrogens with one attached hydrogen (secondary N) is 4. The van der Waals surface area contributed by atoms with E-state index in [0.717, 1.165) is 12.8 Å². The van der Waals surface area contributed by atoms with Gasteiger partial charge in [0.2, 0.25) is 11.6 Å². The molecule has 1 aromatic carbocycles. The maximum absolute atomic E-state index is 12.5. The Morgan fingerprint density at radius 3 is 2.41 bits per heavy atom. The van der Waals surface area contributed by atoms with E-state index in [1.165, 1.54) is 13.4 Å². The Labute approximate surface area is 186 Å². The standard InChI is InChI=1S/C21H29N7O4/c1-20(2)10-13(11-21(3,4)27-20)24-17-16(28(30)31)18(23-12-22-17)25-26-19(29)14-8-6-7-9-15(14)32-5/h6-9,12-13,27H,10-11H2,1-5H3,(H,26,29)(H2,22,23,24,25). The van der Waals surface area contributed by atoms with E-state index in [0.29, 0.717) is 5.75 Å². The fourth-order valence-electron chi connectivity index (χ4n) is 4.38. The van der Waals surface area contributed by atoms with Crippen LogP contribution in [0.5, 0.6) is 5.75 Å². The average Bonchev–Trinajstić information content (AvgIpc) is 2.69. The van der Waals surface area contributed by atoms with Crippen LogP contribution in [0.25, 0.3) is 0 Å². The minimum Gasteiger partial charge on any atom is -0.496 e. The van der Waals surface area contributed by atoms with Crippen molar-refractivity contribution in [2.24, 2.45) is 0 Å². The second-order valence-corrected chi connectivity index (χ2v) is 9.10. The van der Waals surface area contributed by atoms with Crippen molar-refractivity contribution in [3.05, 3.63) is 46.3 Å². The molecule has 0 saturated carbocycles. The molecule has 2 heterocycles. The van der Waals surface area contributed by atoms with Crippen LogP contribution in [0.3, 0.4) is 0 Å². The number of piperidine rings is 1. The molecule has 1 aliphatic heterocycles. The lowest BCUT2D eigenvalue weighted by molar-refractivity contribution is -0.383. The summed E-state index contributed by atoms with van der Waals surface area (Å²) in [5, 5.41) is 18.6. The fraction of sp³-hybridized carbons (Fsp3) is 0.476. The normalized spacial score (nSPS) is 17.3. The number of amides is 1. The van der Waals surface area contributed by atoms with E-state index in [4.69, 9.17) is 4.74 Å². The number of benzene rings is 1. The molecule has 3 rings (SSSR count). The highest BCUT2D eigenvalue weighted by Crippen LogP contribution is 2.34. The number of anilines is 2. The molecule has 0 spiro atoms. The minimum atomic E-state index is -0.572. The summed E-state index contributed by atoms with van der Waals surface area (Å²) in [5.74, 6) is -0.171. The van der Waals surface area contributed by atoms with Gasteiger partial charge < -0.3 is 15.4 Å². The lowest BCUT2D eigenvalue weighted by Gasteiger charge is -2.46. The summed E-state index contributed by atoms with van der Waals surface area (Å²) in [6.07, 6.45) is 2.72. The summed E-state index contributed by atoms with van der Waals surface area (Å²) in [7, 11) is 1.45. The highest BCUT2D eigenvalue weighted by atomic mass is 16.6. The van der Waals surface area contributed by atoms with Crippen molar-refractivity contribution in [1.29, 1.82) is 0 Å². The Balaban J connectivity index is 1.81. The molecule has 0 bridgehead atoms. The van der Waals surface area contributed by atoms with Crippen LogP contribution < -0.4 is 26.2 Å². The molecule has 1 saturated heterocycles. The lowest BCUT2D eigenvalue weighted by atomic mass is 9.79. The third-order valence-corrected chi connectivity index (χ3v) is 5.18. The molecule has 1 aromatic heterocycles. The van der Waals surface area contributed by atoms with Crippen molar-refractivity contribution in [1.82, 2.24) is 20.7 Å². The molecule has 11 nitrogen and oxygen atoms in total. The molecule has 4 N–H and O–H groups in total. The van der Waals surface area contributed by atoms with Crippen LogP contribution in [0.4, 0.5) is 17.3 Å². The van der Waals surface area contributed by atoms with Gasteiger partial charge in [0.05, 0.1) is 17.6 Å². The van der Waals surface area contributed by atoms with E-state index in [2.05, 4.69) is 59.1 Å². The highest BCUT2D eigenvalue weighted by Gasteiger charge is 2.38. The number of rotatable bonds is 7. The monoisotopic (exact) mass is 443 g/mol. The van der Waals surface area contributed by atoms with Crippen molar-refractivity contribution in [3.8, 4) is 5.75 Å². The summed E-state index contributed by atoms with van der Waals surface area (Å²) in [5.41, 5.74) is 4.63. The molecule has 1 aliphatic rings. The average molecular weight is 444 g/mol. The van der Waals surface area contributed by atoms with Gasteiger partial charge in [-0.2, -0.15) is 0 Å². The molecule has 1 amide bonds. The second kappa shape index (κ2) is 8.95. The van der Waals surface area contributed by atoms with E-state index < -0.39 is 10.8 Å². The Bertz CT molecular complexity index is 993. The van der Waals surface area contributed by atoms with Gasteiger partial charge in [0.1, 0.15) is 12.1 Å². The van der Waals surface area contributed by atoms with Gasteiger partial charge >= 0.3 is 5.69 Å². The van der Waals surface area contributed by atoms with Gasteiger partial charge in [-0.3, -0.25) is 25.8 Å². The zero-order valence-electron chi connectivity index (χ0n) is 18.9. The highest BCUT2D eigenvalue weighted by molar-refractivity contribution is 5.97. The third-order valence-electron chi connectivity index (χ3n) is 5.18. The first kappa shape index (κ1) is 23.2. The first-order valence-electron chi connectivity index (χ1n) is 10.3. The summed E-state index contributed by atoms with van der Waals surface area (Å²) in [4.78, 5) is 31.9. The lowest BCUT2D eigenvalue weighted by Crippen LogP contribution is -2.60. The van der Waals surface area contributed by atoms with E-state index in [1.54, 1.807) is 24.3 Å². The predicted octanol–water partition coefficient (Wildman–Crippen LogP) is 2.87. The molecule has 2 aromatic rings. The molecule has 172 valence electrons. The molecule has 11 heteroatoms. The third kappa shape index (κ3) is 5.41. The predicted molar refractivity (Wildman–Crippen MR) is 121 cm³/mol. The number of hydrazine groups is 1. The molecule has 0 aliphatic carbocycles. The van der Waals surface area contributed by atoms with Gasteiger partial charge in [-0.05, 0) is 52.7 Å². The number of nitro groups is 1. The Morgan fingerprint density at radius 1 is 1.16 bits per heavy atom. The maximum Gasteiger partial charge on any atom is 0.354 e. The number of methoxy groups -OCH3 is 1. The van der Waals surface area contributed by atoms with Crippen LogP contribution in [-0.4, -0.2) is 45.0 Å². The van der Waals surface area contributed by atoms with Crippen LogP contribution in [0.1, 0.15) is 50.9 Å². The van der Waals surface area contributed by atoms with Gasteiger partial charge in [-0.25, -0.2) is 9.97 Å². The van der Waals surface area contributed by atoms with Crippen LogP contribution in [0.15, 0.2) is 30.6 Å². The van der Waals surface area contributed by atoms with Crippen LogP contribution in [-0.2, 0) is 0 Å². The van der Waals surface area contributed by atoms with E-state index >= 15 is 0 Å². The van der Waals surface area contributed by atoms with Crippen molar-refractivity contribution >= 4 is 23.2 Å². The Hall–Kier alpha value is -3.47. The Kier molecular flexibility index (Phi) is 6.49. The first-order valence-corrected chi connectivity index (χ1v) is 10.3. The molecule has 1 fully saturated rings. The van der Waals surface area contributed by atoms with E-state index in [9.17, 15) is 14.9 Å². The van der Waals surface area contributed by atoms with Crippen molar-refractivity contribution in [2.45, 2.75) is 57.7 Å². The van der Waals surface area contributed by atoms with Gasteiger partial charge in [-0.15, -0.1) is 0 Å². The maximum atomic E-state index is 12.5. The largest absolute Gasteiger partial charge is 0.496 e. The van der Waals surface area contributed by atoms with Gasteiger partial charge in [-0.1, -0.05) is 12.1 Å². The van der Waals surface area contributed by atoms with Crippen LogP contribution >= 0.6 is 0 Å². The molecule has 0 atom stereocenters. The number of para-hydroxylation sites is 1. The fourth-order valence-corrected chi connectivity index (χ4v) is 4.38. The van der Waals surface area contributed by atoms with Crippen molar-refractivity contribution in [3.63, 3.8) is 0 Å². The number of hydrogen-bond acceptors (Lipinski definition) is 9. The number of carbonyl (C=O) groups excluding carboxylic acids is 1. The van der Waals surface area contributed by atoms with Gasteiger partial charge in [0.25, 0.3) is 5.91 Å². The van der Waals surface area contributed by atoms with Crippen molar-refractivity contribution in [2.75, 3.05) is 17.9 Å². The Morgan fingerprint density at radius 2 is 1.78 bits per heavy atom. The summed E-state index contributed by atoms with van der Waals surface area (Å²) in [6, 6.07) is 6.61. The quantitative estimate of drug-likeness (QED) is 0.375. The van der Waals surface area contributed by atoms with E-state index in [-0.39, 0.29) is 40.0 Å². The van der Waals surface area contributed by atoms with Crippen LogP contribution in [0.2, 0.25) is 0 Å². The molecular weight excluding hydrogens is 414 g/mol. The summed E-state index contributed by atoms with van der Waals surface area (Å²) < 4.78 is 5.18. The molecule has 0 unspecified atom stereocenters. The zero-order chi connectivity index (χ0) is 23.5. The van der Waals surface area contributed by atoms with E-state index in [1.807, 2.05) is 0 Å². The van der Waals surface area contributed by atoms with Crippen LogP contribution in [0, 0.1) is 10.1 Å². The smallest absolute Gasteiger partial charge is 0.354 e. The molecule has 0 radical (unpaired) electrons. The number of aromatic nitrogens is 2. The molecule has 32 heavy (non-hydrogen) atoms. The minimum absolute atomic E-state index is 0.0362. The molecular formula is C21H29N7O4. The van der Waals surface area contributed by atoms with Gasteiger partial charge in [0.15, 0.2) is 0 Å². The number of hydrogen-bond donors (Lipinski definition) is 4.